The van der Waals surface area contributed by atoms with E-state index in [-0.39, 0.29) is 10.8 Å². The third-order valence-electron chi connectivity index (χ3n) is 9.67. The first-order valence-electron chi connectivity index (χ1n) is 16.4. The predicted molar refractivity (Wildman–Crippen MR) is 200 cm³/mol. The fourth-order valence-electron chi connectivity index (χ4n) is 7.05. The normalized spacial score (nSPS) is 12.4. The highest BCUT2D eigenvalue weighted by Crippen LogP contribution is 2.41. The Kier molecular flexibility index (Phi) is 6.90. The minimum atomic E-state index is 0.0489. The first kappa shape index (κ1) is 29.9. The molecular formula is C44H44N2. The van der Waals surface area contributed by atoms with Crippen molar-refractivity contribution < 1.29 is 0 Å². The number of aryl methyl sites for hydroxylation is 2. The molecule has 7 aromatic rings. The zero-order chi connectivity index (χ0) is 32.5. The molecule has 0 bridgehead atoms. The molecule has 0 spiro atoms. The monoisotopic (exact) mass is 600 g/mol. The van der Waals surface area contributed by atoms with Crippen LogP contribution < -0.4 is 5.73 Å². The molecule has 0 saturated carbocycles. The largest absolute Gasteiger partial charge is 0.398 e. The summed E-state index contributed by atoms with van der Waals surface area (Å²) < 4.78 is 2.46. The Balaban J connectivity index is 1.59. The molecule has 2 heteroatoms. The lowest BCUT2D eigenvalue weighted by atomic mass is 9.85. The van der Waals surface area contributed by atoms with E-state index in [1.54, 1.807) is 0 Å². The fourth-order valence-corrected chi connectivity index (χ4v) is 7.05. The van der Waals surface area contributed by atoms with Crippen LogP contribution in [0.2, 0.25) is 0 Å². The molecule has 1 heterocycles. The van der Waals surface area contributed by atoms with Gasteiger partial charge in [0.1, 0.15) is 0 Å². The van der Waals surface area contributed by atoms with Crippen LogP contribution in [0, 0.1) is 13.8 Å². The van der Waals surface area contributed by atoms with E-state index in [4.69, 9.17) is 5.73 Å². The van der Waals surface area contributed by atoms with E-state index in [2.05, 4.69) is 169 Å². The molecule has 0 amide bonds. The van der Waals surface area contributed by atoms with Crippen molar-refractivity contribution in [1.82, 2.24) is 4.57 Å². The van der Waals surface area contributed by atoms with Crippen molar-refractivity contribution in [2.45, 2.75) is 66.2 Å². The Bertz CT molecular complexity index is 2210. The Morgan fingerprint density at radius 2 is 1.04 bits per heavy atom. The molecule has 7 rings (SSSR count). The van der Waals surface area contributed by atoms with Crippen molar-refractivity contribution in [3.63, 3.8) is 0 Å². The molecule has 0 aliphatic carbocycles. The van der Waals surface area contributed by atoms with Gasteiger partial charge in [-0.05, 0) is 129 Å². The van der Waals surface area contributed by atoms with Crippen LogP contribution in [0.5, 0.6) is 0 Å². The molecule has 0 aliphatic heterocycles. The molecular weight excluding hydrogens is 556 g/mol. The molecule has 0 atom stereocenters. The molecule has 0 radical (unpaired) electrons. The molecule has 0 aliphatic rings. The van der Waals surface area contributed by atoms with Crippen LogP contribution in [-0.2, 0) is 10.8 Å². The van der Waals surface area contributed by atoms with Crippen molar-refractivity contribution in [2.75, 3.05) is 5.73 Å². The smallest absolute Gasteiger partial charge is 0.0541 e. The molecule has 230 valence electrons. The quantitative estimate of drug-likeness (QED) is 0.201. The van der Waals surface area contributed by atoms with Crippen LogP contribution in [-0.4, -0.2) is 4.57 Å². The highest BCUT2D eigenvalue weighted by atomic mass is 15.0. The van der Waals surface area contributed by atoms with Gasteiger partial charge >= 0.3 is 0 Å². The van der Waals surface area contributed by atoms with Gasteiger partial charge in [-0.25, -0.2) is 0 Å². The number of hydrogen-bond acceptors (Lipinski definition) is 1. The topological polar surface area (TPSA) is 30.9 Å². The standard InChI is InChI=1S/C44H44N2/c1-27-12-11-13-28(2)42(27)32-20-31(36-23-29-14-9-10-15-30(29)24-39(36)45)21-35(22-32)46-40-18-16-33(43(3,4)5)25-37(40)38-26-34(44(6,7)8)17-19-41(38)46/h9-26H,45H2,1-8H3. The second-order valence-corrected chi connectivity index (χ2v) is 15.1. The molecule has 46 heavy (non-hydrogen) atoms. The van der Waals surface area contributed by atoms with Gasteiger partial charge in [0.25, 0.3) is 0 Å². The number of nitrogen functional groups attached to an aromatic ring is 1. The second kappa shape index (κ2) is 10.6. The summed E-state index contributed by atoms with van der Waals surface area (Å²) in [6, 6.07) is 40.5. The Labute approximate surface area is 273 Å². The van der Waals surface area contributed by atoms with Crippen molar-refractivity contribution in [2.24, 2.45) is 0 Å². The van der Waals surface area contributed by atoms with Gasteiger partial charge < -0.3 is 10.3 Å². The molecule has 2 nitrogen and oxygen atoms in total. The first-order chi connectivity index (χ1) is 21.8. The van der Waals surface area contributed by atoms with E-state index >= 15 is 0 Å². The summed E-state index contributed by atoms with van der Waals surface area (Å²) in [5.41, 5.74) is 21.1. The van der Waals surface area contributed by atoms with E-state index in [1.807, 2.05) is 0 Å². The van der Waals surface area contributed by atoms with Crippen molar-refractivity contribution in [3.8, 4) is 27.9 Å². The number of nitrogens with two attached hydrogens (primary N) is 1. The number of fused-ring (bicyclic) bond motifs is 4. The van der Waals surface area contributed by atoms with Crippen molar-refractivity contribution in [3.05, 3.63) is 131 Å². The number of aromatic nitrogens is 1. The zero-order valence-electron chi connectivity index (χ0n) is 28.4. The molecule has 6 aromatic carbocycles. The average molecular weight is 601 g/mol. The number of hydrogen-bond donors (Lipinski definition) is 1. The van der Waals surface area contributed by atoms with E-state index in [0.717, 1.165) is 27.9 Å². The van der Waals surface area contributed by atoms with Crippen LogP contribution >= 0.6 is 0 Å². The molecule has 0 saturated heterocycles. The van der Waals surface area contributed by atoms with E-state index < -0.39 is 0 Å². The second-order valence-electron chi connectivity index (χ2n) is 15.1. The minimum absolute atomic E-state index is 0.0489. The maximum absolute atomic E-state index is 6.82. The van der Waals surface area contributed by atoms with Crippen LogP contribution in [0.3, 0.4) is 0 Å². The minimum Gasteiger partial charge on any atom is -0.398 e. The predicted octanol–water partition coefficient (Wildman–Crippen LogP) is 12.1. The number of anilines is 1. The van der Waals surface area contributed by atoms with Gasteiger partial charge in [0.15, 0.2) is 0 Å². The first-order valence-corrected chi connectivity index (χ1v) is 16.4. The van der Waals surface area contributed by atoms with Gasteiger partial charge in [0.05, 0.1) is 11.0 Å². The van der Waals surface area contributed by atoms with E-state index in [1.165, 1.54) is 60.6 Å². The maximum atomic E-state index is 6.82. The molecule has 0 unspecified atom stereocenters. The maximum Gasteiger partial charge on any atom is 0.0541 e. The van der Waals surface area contributed by atoms with Crippen LogP contribution in [0.4, 0.5) is 5.69 Å². The summed E-state index contributed by atoms with van der Waals surface area (Å²) >= 11 is 0. The Hall–Kier alpha value is -4.82. The summed E-state index contributed by atoms with van der Waals surface area (Å²) in [5.74, 6) is 0. The van der Waals surface area contributed by atoms with Crippen molar-refractivity contribution in [1.29, 1.82) is 0 Å². The molecule has 1 aromatic heterocycles. The summed E-state index contributed by atoms with van der Waals surface area (Å²) in [5, 5.41) is 4.92. The van der Waals surface area contributed by atoms with Crippen LogP contribution in [0.15, 0.2) is 109 Å². The summed E-state index contributed by atoms with van der Waals surface area (Å²) in [6.07, 6.45) is 0. The van der Waals surface area contributed by atoms with Gasteiger partial charge in [-0.15, -0.1) is 0 Å². The van der Waals surface area contributed by atoms with Gasteiger partial charge in [-0.1, -0.05) is 96.1 Å². The Morgan fingerprint density at radius 1 is 0.522 bits per heavy atom. The van der Waals surface area contributed by atoms with E-state index in [0.29, 0.717) is 0 Å². The fraction of sp³-hybridized carbons (Fsp3) is 0.227. The average Bonchev–Trinajstić information content (AvgIpc) is 3.33. The molecule has 2 N–H and O–H groups in total. The third kappa shape index (κ3) is 5.07. The number of rotatable bonds is 3. The highest BCUT2D eigenvalue weighted by Gasteiger charge is 2.22. The van der Waals surface area contributed by atoms with Gasteiger partial charge in [-0.2, -0.15) is 0 Å². The van der Waals surface area contributed by atoms with E-state index in [9.17, 15) is 0 Å². The number of nitrogens with zero attached hydrogens (tertiary/aromatic N) is 1. The van der Waals surface area contributed by atoms with Crippen molar-refractivity contribution >= 4 is 38.3 Å². The Morgan fingerprint density at radius 3 is 1.59 bits per heavy atom. The van der Waals surface area contributed by atoms with Gasteiger partial charge in [0.2, 0.25) is 0 Å². The summed E-state index contributed by atoms with van der Waals surface area (Å²) in [4.78, 5) is 0. The lowest BCUT2D eigenvalue weighted by Gasteiger charge is -2.19. The third-order valence-corrected chi connectivity index (χ3v) is 9.67. The SMILES string of the molecule is Cc1cccc(C)c1-c1cc(-c2cc3ccccc3cc2N)cc(-n2c3ccc(C(C)(C)C)cc3c3cc(C(C)(C)C)ccc32)c1. The van der Waals surface area contributed by atoms with Crippen LogP contribution in [0.1, 0.15) is 63.8 Å². The summed E-state index contributed by atoms with van der Waals surface area (Å²) in [6.45, 7) is 18.2. The van der Waals surface area contributed by atoms with Gasteiger partial charge in [0, 0.05) is 27.7 Å². The lowest BCUT2D eigenvalue weighted by Crippen LogP contribution is -2.10. The molecule has 0 fully saturated rings. The van der Waals surface area contributed by atoms with Gasteiger partial charge in [-0.3, -0.25) is 0 Å². The zero-order valence-corrected chi connectivity index (χ0v) is 28.4. The summed E-state index contributed by atoms with van der Waals surface area (Å²) in [7, 11) is 0. The highest BCUT2D eigenvalue weighted by molar-refractivity contribution is 6.10. The van der Waals surface area contributed by atoms with Crippen LogP contribution in [0.25, 0.3) is 60.5 Å². The lowest BCUT2D eigenvalue weighted by molar-refractivity contribution is 0.590. The number of benzene rings is 6.